The third-order valence-corrected chi connectivity index (χ3v) is 5.36. The molecule has 0 unspecified atom stereocenters. The fraction of sp³-hybridized carbons (Fsp3) is 0.429. The summed E-state index contributed by atoms with van der Waals surface area (Å²) in [6.07, 6.45) is 3.16. The van der Waals surface area contributed by atoms with Gasteiger partial charge < -0.3 is 9.88 Å². The zero-order chi connectivity index (χ0) is 14.2. The van der Waals surface area contributed by atoms with Gasteiger partial charge in [0.15, 0.2) is 0 Å². The number of hydrogen-bond donors (Lipinski definition) is 2. The number of nitrogens with zero attached hydrogens (tertiary/aromatic N) is 1. The van der Waals surface area contributed by atoms with Crippen molar-refractivity contribution in [2.75, 3.05) is 27.7 Å². The zero-order valence-electron chi connectivity index (χ0n) is 12.1. The lowest BCUT2D eigenvalue weighted by Crippen LogP contribution is -2.14. The molecule has 2 heterocycles. The minimum atomic E-state index is -1.48. The second kappa shape index (κ2) is 5.38. The number of aromatic nitrogens is 1. The molecular weight excluding hydrogens is 274 g/mol. The Hall–Kier alpha value is -1.05. The maximum Gasteiger partial charge on any atom is 0.0843 e. The summed E-state index contributed by atoms with van der Waals surface area (Å²) in [7, 11) is 4.59. The molecule has 2 aromatic rings. The molecule has 0 amide bonds. The molecule has 2 N–H and O–H groups in total. The van der Waals surface area contributed by atoms with E-state index in [-0.39, 0.29) is 0 Å². The molecule has 0 atom stereocenters. The highest BCUT2D eigenvalue weighted by Gasteiger charge is 2.37. The van der Waals surface area contributed by atoms with Crippen LogP contribution in [-0.2, 0) is 20.8 Å². The highest BCUT2D eigenvalue weighted by atomic mass is 32.3. The lowest BCUT2D eigenvalue weighted by atomic mass is 10.1. The maximum absolute atomic E-state index is 5.11. The van der Waals surface area contributed by atoms with Crippen molar-refractivity contribution in [3.05, 3.63) is 35.5 Å². The van der Waals surface area contributed by atoms with Crippen molar-refractivity contribution in [2.45, 2.75) is 12.2 Å². The highest BCUT2D eigenvalue weighted by molar-refractivity contribution is 8.26. The number of hydrogen-bond acceptors (Lipinski definition) is 4. The molecule has 0 aliphatic carbocycles. The van der Waals surface area contributed by atoms with Crippen molar-refractivity contribution in [3.63, 3.8) is 0 Å². The van der Waals surface area contributed by atoms with E-state index in [2.05, 4.69) is 53.1 Å². The van der Waals surface area contributed by atoms with Gasteiger partial charge in [0.1, 0.15) is 0 Å². The van der Waals surface area contributed by atoms with Crippen LogP contribution in [0.1, 0.15) is 11.1 Å². The second-order valence-electron chi connectivity index (χ2n) is 5.35. The van der Waals surface area contributed by atoms with Gasteiger partial charge in [-0.3, -0.25) is 0 Å². The van der Waals surface area contributed by atoms with Crippen LogP contribution in [0.3, 0.4) is 0 Å². The van der Waals surface area contributed by atoms with Crippen LogP contribution in [0.15, 0.2) is 24.4 Å². The lowest BCUT2D eigenvalue weighted by molar-refractivity contribution is 0.0850. The van der Waals surface area contributed by atoms with Crippen LogP contribution in [0, 0.1) is 0 Å². The maximum atomic E-state index is 5.11. The fourth-order valence-electron chi connectivity index (χ4n) is 2.31. The van der Waals surface area contributed by atoms with Crippen LogP contribution in [0.4, 0.5) is 0 Å². The molecule has 1 aromatic carbocycles. The number of aromatic amines is 1. The molecule has 1 fully saturated rings. The summed E-state index contributed by atoms with van der Waals surface area (Å²) in [5, 5.41) is 1.30. The summed E-state index contributed by atoms with van der Waals surface area (Å²) < 4.78 is 13.3. The third kappa shape index (κ3) is 2.84. The van der Waals surface area contributed by atoms with Crippen molar-refractivity contribution in [1.29, 1.82) is 0 Å². The van der Waals surface area contributed by atoms with Gasteiger partial charge in [0.2, 0.25) is 0 Å². The summed E-state index contributed by atoms with van der Waals surface area (Å²) in [6, 6.07) is 6.51. The number of fused-ring (bicyclic) bond motifs is 1. The molecule has 0 spiro atoms. The Morgan fingerprint density at radius 1 is 1.30 bits per heavy atom. The van der Waals surface area contributed by atoms with E-state index in [0.29, 0.717) is 0 Å². The summed E-state index contributed by atoms with van der Waals surface area (Å²) in [4.78, 5) is 5.54. The largest absolute Gasteiger partial charge is 0.361 e. The highest BCUT2D eigenvalue weighted by Crippen LogP contribution is 2.63. The van der Waals surface area contributed by atoms with Gasteiger partial charge >= 0.3 is 0 Å². The van der Waals surface area contributed by atoms with E-state index in [0.717, 1.165) is 18.7 Å². The molecule has 1 saturated heterocycles. The van der Waals surface area contributed by atoms with Crippen LogP contribution in [0.5, 0.6) is 0 Å². The number of rotatable bonds is 6. The SMILES string of the molecule is CNS1(Cc2ccc3[nH]cc(CCN(C)C)c3c2)OO1. The summed E-state index contributed by atoms with van der Waals surface area (Å²) >= 11 is 0. The molecule has 0 bridgehead atoms. The van der Waals surface area contributed by atoms with Gasteiger partial charge in [-0.25, -0.2) is 4.72 Å². The van der Waals surface area contributed by atoms with Gasteiger partial charge in [-0.15, -0.1) is 0 Å². The average Bonchev–Trinajstić information content (AvgIpc) is 3.09. The monoisotopic (exact) mass is 295 g/mol. The van der Waals surface area contributed by atoms with Crippen LogP contribution >= 0.6 is 10.8 Å². The van der Waals surface area contributed by atoms with Crippen molar-refractivity contribution < 1.29 is 8.67 Å². The van der Waals surface area contributed by atoms with Gasteiger partial charge in [0, 0.05) is 30.7 Å². The van der Waals surface area contributed by atoms with Crippen molar-refractivity contribution in [3.8, 4) is 0 Å². The molecule has 1 aliphatic rings. The van der Waals surface area contributed by atoms with Gasteiger partial charge in [0.05, 0.1) is 5.75 Å². The molecular formula is C14H21N3O2S. The molecule has 3 rings (SSSR count). The molecule has 0 saturated carbocycles. The lowest BCUT2D eigenvalue weighted by Gasteiger charge is -2.14. The Labute approximate surface area is 121 Å². The fourth-order valence-corrected chi connectivity index (χ4v) is 3.57. The smallest absolute Gasteiger partial charge is 0.0843 e. The normalized spacial score (nSPS) is 18.6. The Morgan fingerprint density at radius 2 is 2.10 bits per heavy atom. The van der Waals surface area contributed by atoms with E-state index in [9.17, 15) is 0 Å². The molecule has 5 nitrogen and oxygen atoms in total. The number of H-pyrrole nitrogens is 1. The standard InChI is InChI=1S/C14H21N3O2S/c1-15-20(18-19-20)10-11-4-5-14-13(8-11)12(9-16-14)6-7-17(2)3/h4-5,8-9,15-16H,6-7,10H2,1-3H3. The predicted octanol–water partition coefficient (Wildman–Crippen LogP) is 2.50. The van der Waals surface area contributed by atoms with Gasteiger partial charge in [0.25, 0.3) is 0 Å². The van der Waals surface area contributed by atoms with Gasteiger partial charge in [-0.1, -0.05) is 25.5 Å². The first-order chi connectivity index (χ1) is 9.62. The minimum Gasteiger partial charge on any atom is -0.361 e. The van der Waals surface area contributed by atoms with E-state index in [1.54, 1.807) is 0 Å². The quantitative estimate of drug-likeness (QED) is 0.635. The Morgan fingerprint density at radius 3 is 2.75 bits per heavy atom. The third-order valence-electron chi connectivity index (χ3n) is 3.56. The van der Waals surface area contributed by atoms with Crippen LogP contribution < -0.4 is 4.72 Å². The molecule has 1 aromatic heterocycles. The topological polar surface area (TPSA) is 56.1 Å². The van der Waals surface area contributed by atoms with E-state index in [1.165, 1.54) is 22.0 Å². The minimum absolute atomic E-state index is 0.789. The Balaban J connectivity index is 1.83. The van der Waals surface area contributed by atoms with Gasteiger partial charge in [-0.05, 0) is 43.8 Å². The predicted molar refractivity (Wildman–Crippen MR) is 83.1 cm³/mol. The van der Waals surface area contributed by atoms with Crippen LogP contribution in [-0.4, -0.2) is 37.6 Å². The Kier molecular flexibility index (Phi) is 3.74. The first-order valence-corrected chi connectivity index (χ1v) is 8.38. The van der Waals surface area contributed by atoms with E-state index in [1.807, 2.05) is 7.05 Å². The van der Waals surface area contributed by atoms with Crippen LogP contribution in [0.2, 0.25) is 0 Å². The molecule has 1 aliphatic heterocycles. The number of nitrogens with one attached hydrogen (secondary N) is 2. The molecule has 0 radical (unpaired) electrons. The van der Waals surface area contributed by atoms with Crippen molar-refractivity contribution >= 4 is 21.7 Å². The molecule has 6 heteroatoms. The Bertz CT molecular complexity index is 607. The number of benzene rings is 1. The summed E-state index contributed by atoms with van der Waals surface area (Å²) in [5.41, 5.74) is 3.79. The second-order valence-corrected chi connectivity index (χ2v) is 7.55. The summed E-state index contributed by atoms with van der Waals surface area (Å²) in [6.45, 7) is 1.05. The zero-order valence-corrected chi connectivity index (χ0v) is 12.9. The van der Waals surface area contributed by atoms with Gasteiger partial charge in [-0.2, -0.15) is 0 Å². The van der Waals surface area contributed by atoms with E-state index in [4.69, 9.17) is 8.67 Å². The van der Waals surface area contributed by atoms with Crippen molar-refractivity contribution in [2.24, 2.45) is 0 Å². The molecule has 110 valence electrons. The first kappa shape index (κ1) is 13.9. The average molecular weight is 295 g/mol. The number of likely N-dealkylation sites (N-methyl/N-ethyl adjacent to an activating group) is 1. The van der Waals surface area contributed by atoms with Crippen molar-refractivity contribution in [1.82, 2.24) is 14.6 Å². The summed E-state index contributed by atoms with van der Waals surface area (Å²) in [5.74, 6) is 0.789. The molecule has 20 heavy (non-hydrogen) atoms. The van der Waals surface area contributed by atoms with E-state index >= 15 is 0 Å². The first-order valence-electron chi connectivity index (χ1n) is 6.73. The van der Waals surface area contributed by atoms with Crippen LogP contribution in [0.25, 0.3) is 10.9 Å². The van der Waals surface area contributed by atoms with E-state index < -0.39 is 10.8 Å².